The van der Waals surface area contributed by atoms with E-state index in [-0.39, 0.29) is 11.5 Å². The number of aryl methyl sites for hydroxylation is 1. The Morgan fingerprint density at radius 2 is 1.71 bits per heavy atom. The molecule has 4 rings (SSSR count). The summed E-state index contributed by atoms with van der Waals surface area (Å²) in [4.78, 5) is 29.4. The average molecular weight is 380 g/mol. The van der Waals surface area contributed by atoms with Crippen LogP contribution in [-0.2, 0) is 0 Å². The normalized spacial score (nSPS) is 14.4. The number of hydrogen-bond acceptors (Lipinski definition) is 5. The second kappa shape index (κ2) is 7.38. The maximum Gasteiger partial charge on any atom is 0.256 e. The van der Waals surface area contributed by atoms with Crippen molar-refractivity contribution in [1.82, 2.24) is 24.4 Å². The largest absolute Gasteiger partial charge is 0.353 e. The lowest BCUT2D eigenvalue weighted by molar-refractivity contribution is 0.0742. The number of halogens is 1. The number of carbonyl (C=O) groups excluding carboxylic acids is 1. The molecule has 2 aromatic heterocycles. The number of hydrogen-bond donors (Lipinski definition) is 0. The Morgan fingerprint density at radius 3 is 2.39 bits per heavy atom. The summed E-state index contributed by atoms with van der Waals surface area (Å²) in [6.45, 7) is 6.22. The zero-order valence-corrected chi connectivity index (χ0v) is 15.8. The molecule has 1 fully saturated rings. The summed E-state index contributed by atoms with van der Waals surface area (Å²) >= 11 is 0. The molecule has 0 bridgehead atoms. The first kappa shape index (κ1) is 18.1. The Kier molecular flexibility index (Phi) is 4.77. The van der Waals surface area contributed by atoms with Gasteiger partial charge in [0.05, 0.1) is 11.3 Å². The van der Waals surface area contributed by atoms with Crippen LogP contribution in [0.5, 0.6) is 0 Å². The third-order valence-corrected chi connectivity index (χ3v) is 5.13. The summed E-state index contributed by atoms with van der Waals surface area (Å²) in [5, 5.41) is 0. The van der Waals surface area contributed by atoms with Crippen LogP contribution in [0.2, 0.25) is 0 Å². The Hall–Kier alpha value is -3.29. The van der Waals surface area contributed by atoms with E-state index in [1.165, 1.54) is 18.5 Å². The molecule has 144 valence electrons. The average Bonchev–Trinajstić information content (AvgIpc) is 3.07. The highest BCUT2D eigenvalue weighted by Crippen LogP contribution is 2.19. The number of imidazole rings is 1. The van der Waals surface area contributed by atoms with E-state index in [1.54, 1.807) is 23.4 Å². The third kappa shape index (κ3) is 3.33. The predicted molar refractivity (Wildman–Crippen MR) is 103 cm³/mol. The quantitative estimate of drug-likeness (QED) is 0.698. The molecule has 0 radical (unpaired) electrons. The number of benzene rings is 1. The van der Waals surface area contributed by atoms with Crippen molar-refractivity contribution in [3.05, 3.63) is 65.8 Å². The molecule has 0 aliphatic carbocycles. The third-order valence-electron chi connectivity index (χ3n) is 5.13. The predicted octanol–water partition coefficient (Wildman–Crippen LogP) is 2.38. The number of carbonyl (C=O) groups is 1. The van der Waals surface area contributed by atoms with Crippen LogP contribution >= 0.6 is 0 Å². The van der Waals surface area contributed by atoms with E-state index < -0.39 is 5.82 Å². The molecule has 0 saturated carbocycles. The van der Waals surface area contributed by atoms with Gasteiger partial charge in [0.25, 0.3) is 5.91 Å². The minimum atomic E-state index is -0.485. The van der Waals surface area contributed by atoms with Gasteiger partial charge in [-0.15, -0.1) is 0 Å². The molecule has 1 aliphatic rings. The van der Waals surface area contributed by atoms with Crippen molar-refractivity contribution in [3.63, 3.8) is 0 Å². The number of aromatic nitrogens is 4. The summed E-state index contributed by atoms with van der Waals surface area (Å²) in [7, 11) is 0. The van der Waals surface area contributed by atoms with Crippen molar-refractivity contribution in [3.8, 4) is 5.82 Å². The first-order valence-corrected chi connectivity index (χ1v) is 9.16. The molecule has 1 aliphatic heterocycles. The SMILES string of the molecule is Cc1ncn(-c2cc(N3CCN(C(=O)c4ccccc4F)CC3)ncn2)c1C. The van der Waals surface area contributed by atoms with E-state index in [9.17, 15) is 9.18 Å². The summed E-state index contributed by atoms with van der Waals surface area (Å²) in [6.07, 6.45) is 3.29. The van der Waals surface area contributed by atoms with E-state index in [2.05, 4.69) is 19.9 Å². The molecular weight excluding hydrogens is 359 g/mol. The van der Waals surface area contributed by atoms with E-state index >= 15 is 0 Å². The number of rotatable bonds is 3. The Balaban J connectivity index is 1.47. The van der Waals surface area contributed by atoms with Crippen LogP contribution < -0.4 is 4.90 Å². The highest BCUT2D eigenvalue weighted by atomic mass is 19.1. The zero-order chi connectivity index (χ0) is 19.7. The number of amides is 1. The number of nitrogens with zero attached hydrogens (tertiary/aromatic N) is 6. The number of anilines is 1. The lowest BCUT2D eigenvalue weighted by atomic mass is 10.1. The van der Waals surface area contributed by atoms with E-state index in [0.29, 0.717) is 26.2 Å². The molecular formula is C20H21FN6O. The van der Waals surface area contributed by atoms with Crippen LogP contribution in [0.4, 0.5) is 10.2 Å². The zero-order valence-electron chi connectivity index (χ0n) is 15.8. The van der Waals surface area contributed by atoms with Gasteiger partial charge in [0.15, 0.2) is 0 Å². The fourth-order valence-corrected chi connectivity index (χ4v) is 3.32. The maximum absolute atomic E-state index is 13.9. The Morgan fingerprint density at radius 1 is 1.00 bits per heavy atom. The highest BCUT2D eigenvalue weighted by molar-refractivity contribution is 5.94. The molecule has 1 saturated heterocycles. The fourth-order valence-electron chi connectivity index (χ4n) is 3.32. The molecule has 0 spiro atoms. The standard InChI is InChI=1S/C20H21FN6O/c1-14-15(2)27(13-24-14)19-11-18(22-12-23-19)25-7-9-26(10-8-25)20(28)16-5-3-4-6-17(16)21/h3-6,11-13H,7-10H2,1-2H3. The first-order valence-electron chi connectivity index (χ1n) is 9.16. The van der Waals surface area contributed by atoms with E-state index in [1.807, 2.05) is 24.5 Å². The summed E-state index contributed by atoms with van der Waals surface area (Å²) in [6, 6.07) is 8.01. The van der Waals surface area contributed by atoms with Crippen LogP contribution in [0.1, 0.15) is 21.7 Å². The van der Waals surface area contributed by atoms with Gasteiger partial charge in [-0.2, -0.15) is 0 Å². The first-order chi connectivity index (χ1) is 13.5. The molecule has 0 unspecified atom stereocenters. The fraction of sp³-hybridized carbons (Fsp3) is 0.300. The van der Waals surface area contributed by atoms with E-state index in [0.717, 1.165) is 23.0 Å². The van der Waals surface area contributed by atoms with Crippen LogP contribution in [0.25, 0.3) is 5.82 Å². The molecule has 0 atom stereocenters. The van der Waals surface area contributed by atoms with Crippen LogP contribution in [0.15, 0.2) is 43.0 Å². The van der Waals surface area contributed by atoms with Crippen LogP contribution in [0, 0.1) is 19.7 Å². The number of piperazine rings is 1. The molecule has 1 aromatic carbocycles. The molecule has 3 aromatic rings. The van der Waals surface area contributed by atoms with Crippen LogP contribution in [-0.4, -0.2) is 56.5 Å². The van der Waals surface area contributed by atoms with Gasteiger partial charge in [-0.1, -0.05) is 12.1 Å². The molecule has 7 nitrogen and oxygen atoms in total. The van der Waals surface area contributed by atoms with Crippen molar-refractivity contribution < 1.29 is 9.18 Å². The van der Waals surface area contributed by atoms with Gasteiger partial charge in [-0.3, -0.25) is 9.36 Å². The lowest BCUT2D eigenvalue weighted by Gasteiger charge is -2.35. The molecule has 28 heavy (non-hydrogen) atoms. The van der Waals surface area contributed by atoms with E-state index in [4.69, 9.17) is 0 Å². The smallest absolute Gasteiger partial charge is 0.256 e. The van der Waals surface area contributed by atoms with Gasteiger partial charge in [-0.25, -0.2) is 19.3 Å². The lowest BCUT2D eigenvalue weighted by Crippen LogP contribution is -2.49. The van der Waals surface area contributed by atoms with Gasteiger partial charge in [0.2, 0.25) is 0 Å². The van der Waals surface area contributed by atoms with Crippen molar-refractivity contribution in [1.29, 1.82) is 0 Å². The monoisotopic (exact) mass is 380 g/mol. The van der Waals surface area contributed by atoms with Crippen molar-refractivity contribution >= 4 is 11.7 Å². The van der Waals surface area contributed by atoms with Gasteiger partial charge in [0.1, 0.15) is 30.1 Å². The minimum absolute atomic E-state index is 0.117. The Bertz CT molecular complexity index is 1010. The molecule has 1 amide bonds. The molecule has 8 heteroatoms. The summed E-state index contributed by atoms with van der Waals surface area (Å²) in [5.41, 5.74) is 2.11. The second-order valence-corrected chi connectivity index (χ2v) is 6.78. The summed E-state index contributed by atoms with van der Waals surface area (Å²) < 4.78 is 15.8. The maximum atomic E-state index is 13.9. The van der Waals surface area contributed by atoms with Gasteiger partial charge >= 0.3 is 0 Å². The molecule has 3 heterocycles. The van der Waals surface area contributed by atoms with Crippen molar-refractivity contribution in [2.45, 2.75) is 13.8 Å². The molecule has 0 N–H and O–H groups in total. The van der Waals surface area contributed by atoms with Crippen molar-refractivity contribution in [2.75, 3.05) is 31.1 Å². The highest BCUT2D eigenvalue weighted by Gasteiger charge is 2.24. The Labute approximate surface area is 162 Å². The van der Waals surface area contributed by atoms with Crippen molar-refractivity contribution in [2.24, 2.45) is 0 Å². The minimum Gasteiger partial charge on any atom is -0.353 e. The topological polar surface area (TPSA) is 67.2 Å². The second-order valence-electron chi connectivity index (χ2n) is 6.78. The van der Waals surface area contributed by atoms with Gasteiger partial charge < -0.3 is 9.80 Å². The van der Waals surface area contributed by atoms with Gasteiger partial charge in [0, 0.05) is 37.9 Å². The summed E-state index contributed by atoms with van der Waals surface area (Å²) in [5.74, 6) is 0.800. The van der Waals surface area contributed by atoms with Gasteiger partial charge in [-0.05, 0) is 26.0 Å². The van der Waals surface area contributed by atoms with Crippen LogP contribution in [0.3, 0.4) is 0 Å².